The van der Waals surface area contributed by atoms with Crippen molar-refractivity contribution in [2.24, 2.45) is 10.7 Å². The van der Waals surface area contributed by atoms with Gasteiger partial charge in [0.1, 0.15) is 22.8 Å². The highest BCUT2D eigenvalue weighted by atomic mass is 35.5. The zero-order valence-corrected chi connectivity index (χ0v) is 19.3. The minimum atomic E-state index is -0.465. The van der Waals surface area contributed by atoms with Crippen molar-refractivity contribution in [1.82, 2.24) is 15.5 Å². The Morgan fingerprint density at radius 1 is 1.15 bits per heavy atom. The number of halogens is 1. The van der Waals surface area contributed by atoms with Crippen LogP contribution in [0.1, 0.15) is 21.7 Å². The molecule has 0 spiro atoms. The molecule has 0 aliphatic carbocycles. The highest BCUT2D eigenvalue weighted by Crippen LogP contribution is 2.27. The minimum Gasteiger partial charge on any atom is -0.497 e. The van der Waals surface area contributed by atoms with Crippen molar-refractivity contribution in [3.63, 3.8) is 0 Å². The van der Waals surface area contributed by atoms with Crippen LogP contribution in [0.2, 0.25) is 5.02 Å². The van der Waals surface area contributed by atoms with Crippen LogP contribution in [0.15, 0.2) is 76.5 Å². The number of nitrogens with one attached hydrogen (secondary N) is 1. The number of hydrogen-bond donors (Lipinski definition) is 2. The second kappa shape index (κ2) is 10.2. The van der Waals surface area contributed by atoms with Crippen molar-refractivity contribution < 1.29 is 14.1 Å². The van der Waals surface area contributed by atoms with Gasteiger partial charge in [-0.05, 0) is 66.6 Å². The van der Waals surface area contributed by atoms with E-state index in [0.29, 0.717) is 27.8 Å². The molecule has 0 unspecified atom stereocenters. The number of hydrogen-bond acceptors (Lipinski definition) is 6. The third-order valence-electron chi connectivity index (χ3n) is 5.08. The van der Waals surface area contributed by atoms with Gasteiger partial charge in [0.15, 0.2) is 5.96 Å². The summed E-state index contributed by atoms with van der Waals surface area (Å²) >= 11 is 6.28. The second-order valence-corrected chi connectivity index (χ2v) is 7.87. The van der Waals surface area contributed by atoms with E-state index in [9.17, 15) is 4.79 Å². The van der Waals surface area contributed by atoms with Gasteiger partial charge in [0.05, 0.1) is 13.7 Å². The summed E-state index contributed by atoms with van der Waals surface area (Å²) in [6.07, 6.45) is 3.47. The zero-order valence-electron chi connectivity index (χ0n) is 18.6. The van der Waals surface area contributed by atoms with Gasteiger partial charge in [-0.1, -0.05) is 22.8 Å². The van der Waals surface area contributed by atoms with Crippen LogP contribution in [0.5, 0.6) is 5.75 Å². The van der Waals surface area contributed by atoms with Crippen LogP contribution in [0, 0.1) is 6.92 Å². The SMILES string of the molecule is COc1ccc(-c2noc(C)c2C(=O)NC(N)=NCc2cc(Cl)cc(-c3cccnc3)c2)cc1. The number of aromatic nitrogens is 2. The number of methoxy groups -OCH3 is 1. The molecule has 4 rings (SSSR count). The van der Waals surface area contributed by atoms with Gasteiger partial charge in [-0.2, -0.15) is 0 Å². The Morgan fingerprint density at radius 3 is 2.65 bits per heavy atom. The number of nitrogens with two attached hydrogens (primary N) is 1. The van der Waals surface area contributed by atoms with Gasteiger partial charge < -0.3 is 15.0 Å². The number of carbonyl (C=O) groups is 1. The van der Waals surface area contributed by atoms with Crippen LogP contribution in [-0.4, -0.2) is 29.1 Å². The molecular weight excluding hydrogens is 454 g/mol. The van der Waals surface area contributed by atoms with Gasteiger partial charge in [0, 0.05) is 28.5 Å². The molecule has 9 heteroatoms. The van der Waals surface area contributed by atoms with E-state index in [1.54, 1.807) is 56.8 Å². The molecule has 0 saturated carbocycles. The Kier molecular flexibility index (Phi) is 6.89. The van der Waals surface area contributed by atoms with Crippen LogP contribution < -0.4 is 15.8 Å². The number of benzene rings is 2. The molecule has 0 aliphatic heterocycles. The van der Waals surface area contributed by atoms with Crippen molar-refractivity contribution in [2.75, 3.05) is 7.11 Å². The summed E-state index contributed by atoms with van der Waals surface area (Å²) in [5, 5.41) is 7.21. The molecule has 3 N–H and O–H groups in total. The molecule has 1 amide bonds. The fourth-order valence-electron chi connectivity index (χ4n) is 3.42. The number of aryl methyl sites for hydroxylation is 1. The van der Waals surface area contributed by atoms with Gasteiger partial charge in [0.2, 0.25) is 0 Å². The van der Waals surface area contributed by atoms with E-state index in [2.05, 4.69) is 20.4 Å². The maximum Gasteiger partial charge on any atom is 0.263 e. The third-order valence-corrected chi connectivity index (χ3v) is 5.30. The zero-order chi connectivity index (χ0) is 24.1. The van der Waals surface area contributed by atoms with Gasteiger partial charge in [-0.25, -0.2) is 4.99 Å². The maximum atomic E-state index is 12.9. The normalized spacial score (nSPS) is 11.3. The van der Waals surface area contributed by atoms with Crippen LogP contribution in [0.3, 0.4) is 0 Å². The van der Waals surface area contributed by atoms with Crippen LogP contribution in [0.25, 0.3) is 22.4 Å². The van der Waals surface area contributed by atoms with E-state index in [4.69, 9.17) is 26.6 Å². The Balaban J connectivity index is 1.50. The summed E-state index contributed by atoms with van der Waals surface area (Å²) in [4.78, 5) is 21.4. The fourth-order valence-corrected chi connectivity index (χ4v) is 3.68. The number of guanidine groups is 1. The quantitative estimate of drug-likeness (QED) is 0.310. The Morgan fingerprint density at radius 2 is 1.94 bits per heavy atom. The Hall–Kier alpha value is -4.17. The maximum absolute atomic E-state index is 12.9. The van der Waals surface area contributed by atoms with Crippen molar-refractivity contribution in [3.8, 4) is 28.1 Å². The van der Waals surface area contributed by atoms with Crippen molar-refractivity contribution in [2.45, 2.75) is 13.5 Å². The number of ether oxygens (including phenoxy) is 1. The van der Waals surface area contributed by atoms with E-state index < -0.39 is 5.91 Å². The molecule has 2 aromatic heterocycles. The van der Waals surface area contributed by atoms with E-state index in [1.807, 2.05) is 24.3 Å². The predicted molar refractivity (Wildman–Crippen MR) is 131 cm³/mol. The molecule has 2 heterocycles. The molecule has 0 saturated heterocycles. The van der Waals surface area contributed by atoms with Crippen LogP contribution >= 0.6 is 11.6 Å². The molecule has 2 aromatic carbocycles. The lowest BCUT2D eigenvalue weighted by Gasteiger charge is -2.08. The molecule has 0 aliphatic rings. The Labute approximate surface area is 201 Å². The van der Waals surface area contributed by atoms with Crippen LogP contribution in [0.4, 0.5) is 0 Å². The smallest absolute Gasteiger partial charge is 0.263 e. The number of amides is 1. The van der Waals surface area contributed by atoms with Crippen molar-refractivity contribution in [3.05, 3.63) is 88.9 Å². The monoisotopic (exact) mass is 475 g/mol. The number of aliphatic imine (C=N–C) groups is 1. The molecule has 8 nitrogen and oxygen atoms in total. The second-order valence-electron chi connectivity index (χ2n) is 7.44. The standard InChI is InChI=1S/C25H22ClN5O3/c1-15-22(23(31-34-15)17-5-7-21(33-2)8-6-17)24(32)30-25(27)29-13-16-10-19(12-20(26)11-16)18-4-3-9-28-14-18/h3-12,14H,13H2,1-2H3,(H3,27,29,30,32). The summed E-state index contributed by atoms with van der Waals surface area (Å²) in [6, 6.07) is 16.6. The van der Waals surface area contributed by atoms with Gasteiger partial charge in [-0.15, -0.1) is 0 Å². The van der Waals surface area contributed by atoms with E-state index in [1.165, 1.54) is 0 Å². The first kappa shape index (κ1) is 23.0. The molecule has 0 bridgehead atoms. The first-order valence-electron chi connectivity index (χ1n) is 10.4. The lowest BCUT2D eigenvalue weighted by atomic mass is 10.0. The summed E-state index contributed by atoms with van der Waals surface area (Å²) < 4.78 is 10.4. The fraction of sp³-hybridized carbons (Fsp3) is 0.120. The summed E-state index contributed by atoms with van der Waals surface area (Å²) in [5.41, 5.74) is 10.1. The molecule has 0 radical (unpaired) electrons. The number of rotatable bonds is 6. The lowest BCUT2D eigenvalue weighted by Crippen LogP contribution is -2.37. The van der Waals surface area contributed by atoms with Gasteiger partial charge >= 0.3 is 0 Å². The highest BCUT2D eigenvalue weighted by molar-refractivity contribution is 6.31. The van der Waals surface area contributed by atoms with Gasteiger partial charge in [0.25, 0.3) is 5.91 Å². The van der Waals surface area contributed by atoms with Crippen LogP contribution in [-0.2, 0) is 6.54 Å². The summed E-state index contributed by atoms with van der Waals surface area (Å²) in [7, 11) is 1.58. The van der Waals surface area contributed by atoms with Crippen molar-refractivity contribution >= 4 is 23.5 Å². The molecule has 172 valence electrons. The first-order valence-corrected chi connectivity index (χ1v) is 10.7. The molecule has 0 fully saturated rings. The average Bonchev–Trinajstić information content (AvgIpc) is 3.24. The van der Waals surface area contributed by atoms with E-state index in [-0.39, 0.29) is 18.1 Å². The number of pyridine rings is 1. The third kappa shape index (κ3) is 5.24. The first-order chi connectivity index (χ1) is 16.4. The summed E-state index contributed by atoms with van der Waals surface area (Å²) in [6.45, 7) is 1.89. The number of carbonyl (C=O) groups excluding carboxylic acids is 1. The van der Waals surface area contributed by atoms with E-state index >= 15 is 0 Å². The highest BCUT2D eigenvalue weighted by Gasteiger charge is 2.22. The largest absolute Gasteiger partial charge is 0.497 e. The molecule has 0 atom stereocenters. The van der Waals surface area contributed by atoms with Gasteiger partial charge in [-0.3, -0.25) is 15.1 Å². The molecule has 4 aromatic rings. The van der Waals surface area contributed by atoms with Crippen molar-refractivity contribution in [1.29, 1.82) is 0 Å². The lowest BCUT2D eigenvalue weighted by molar-refractivity contribution is 0.0975. The number of nitrogens with zero attached hydrogens (tertiary/aromatic N) is 3. The predicted octanol–water partition coefficient (Wildman–Crippen LogP) is 4.62. The molecular formula is C25H22ClN5O3. The average molecular weight is 476 g/mol. The Bertz CT molecular complexity index is 1330. The topological polar surface area (TPSA) is 116 Å². The van der Waals surface area contributed by atoms with E-state index in [0.717, 1.165) is 16.7 Å². The minimum absolute atomic E-state index is 0.0332. The summed E-state index contributed by atoms with van der Waals surface area (Å²) in [5.74, 6) is 0.563. The molecule has 34 heavy (non-hydrogen) atoms.